The van der Waals surface area contributed by atoms with Crippen molar-refractivity contribution < 1.29 is 5.11 Å². The highest BCUT2D eigenvalue weighted by Gasteiger charge is 2.10. The molecule has 0 bridgehead atoms. The summed E-state index contributed by atoms with van der Waals surface area (Å²) < 4.78 is 2.03. The van der Waals surface area contributed by atoms with E-state index in [0.717, 1.165) is 27.7 Å². The molecule has 4 nitrogen and oxygen atoms in total. The van der Waals surface area contributed by atoms with E-state index in [2.05, 4.69) is 4.98 Å². The highest BCUT2D eigenvalue weighted by molar-refractivity contribution is 5.96. The molecule has 0 spiro atoms. The number of benzene rings is 1. The minimum Gasteiger partial charge on any atom is -0.508 e. The zero-order valence-corrected chi connectivity index (χ0v) is 10.7. The standard InChI is InChI=1S/C15H15N3O/c1-18-9-13(12-7-11(19)2-3-15(12)18)14-6-10(8-16)4-5-17-14/h2-7,9,19H,8,16H2,1H3. The lowest BCUT2D eigenvalue weighted by molar-refractivity contribution is 0.476. The zero-order valence-electron chi connectivity index (χ0n) is 10.7. The van der Waals surface area contributed by atoms with Crippen molar-refractivity contribution in [2.45, 2.75) is 6.54 Å². The molecule has 0 aliphatic heterocycles. The van der Waals surface area contributed by atoms with Crippen LogP contribution in [0.15, 0.2) is 42.7 Å². The molecular weight excluding hydrogens is 238 g/mol. The van der Waals surface area contributed by atoms with Crippen LogP contribution in [0.5, 0.6) is 5.75 Å². The first-order valence-electron chi connectivity index (χ1n) is 6.12. The summed E-state index contributed by atoms with van der Waals surface area (Å²) in [6.45, 7) is 0.492. The smallest absolute Gasteiger partial charge is 0.116 e. The largest absolute Gasteiger partial charge is 0.508 e. The fourth-order valence-corrected chi connectivity index (χ4v) is 2.33. The first-order chi connectivity index (χ1) is 9.19. The second-order valence-corrected chi connectivity index (χ2v) is 4.61. The summed E-state index contributed by atoms with van der Waals surface area (Å²) in [6.07, 6.45) is 3.78. The van der Waals surface area contributed by atoms with Gasteiger partial charge in [-0.2, -0.15) is 0 Å². The van der Waals surface area contributed by atoms with Crippen molar-refractivity contribution in [1.29, 1.82) is 0 Å². The van der Waals surface area contributed by atoms with Gasteiger partial charge in [-0.1, -0.05) is 0 Å². The van der Waals surface area contributed by atoms with Crippen LogP contribution in [0.25, 0.3) is 22.2 Å². The van der Waals surface area contributed by atoms with Crippen LogP contribution in [-0.4, -0.2) is 14.7 Å². The Balaban J connectivity index is 2.26. The van der Waals surface area contributed by atoms with Crippen molar-refractivity contribution in [3.05, 3.63) is 48.3 Å². The maximum absolute atomic E-state index is 9.66. The Kier molecular flexibility index (Phi) is 2.72. The van der Waals surface area contributed by atoms with Gasteiger partial charge in [-0.05, 0) is 35.9 Å². The summed E-state index contributed by atoms with van der Waals surface area (Å²) in [5, 5.41) is 10.7. The summed E-state index contributed by atoms with van der Waals surface area (Å²) in [5.74, 6) is 0.259. The van der Waals surface area contributed by atoms with E-state index in [4.69, 9.17) is 5.73 Å². The van der Waals surface area contributed by atoms with Crippen LogP contribution in [0.4, 0.5) is 0 Å². The molecule has 0 aliphatic carbocycles. The van der Waals surface area contributed by atoms with Crippen LogP contribution in [0.1, 0.15) is 5.56 Å². The molecule has 3 N–H and O–H groups in total. The maximum Gasteiger partial charge on any atom is 0.116 e. The number of nitrogens with zero attached hydrogens (tertiary/aromatic N) is 2. The highest BCUT2D eigenvalue weighted by atomic mass is 16.3. The van der Waals surface area contributed by atoms with Crippen LogP contribution in [0.2, 0.25) is 0 Å². The number of rotatable bonds is 2. The molecule has 4 heteroatoms. The number of nitrogens with two attached hydrogens (primary N) is 1. The Morgan fingerprint density at radius 2 is 2.11 bits per heavy atom. The van der Waals surface area contributed by atoms with Gasteiger partial charge in [-0.3, -0.25) is 4.98 Å². The normalized spacial score (nSPS) is 11.1. The fraction of sp³-hybridized carbons (Fsp3) is 0.133. The van der Waals surface area contributed by atoms with Gasteiger partial charge in [0.15, 0.2) is 0 Å². The van der Waals surface area contributed by atoms with Crippen LogP contribution in [0.3, 0.4) is 0 Å². The number of aromatic hydroxyl groups is 1. The van der Waals surface area contributed by atoms with Gasteiger partial charge in [-0.15, -0.1) is 0 Å². The summed E-state index contributed by atoms with van der Waals surface area (Å²) in [7, 11) is 1.98. The summed E-state index contributed by atoms with van der Waals surface area (Å²) in [4.78, 5) is 4.40. The lowest BCUT2D eigenvalue weighted by Gasteiger charge is -2.02. The van der Waals surface area contributed by atoms with E-state index >= 15 is 0 Å². The molecule has 0 amide bonds. The van der Waals surface area contributed by atoms with Gasteiger partial charge in [0.2, 0.25) is 0 Å². The molecule has 2 aromatic heterocycles. The monoisotopic (exact) mass is 253 g/mol. The van der Waals surface area contributed by atoms with Gasteiger partial charge < -0.3 is 15.4 Å². The molecule has 19 heavy (non-hydrogen) atoms. The van der Waals surface area contributed by atoms with E-state index in [1.807, 2.05) is 36.0 Å². The van der Waals surface area contributed by atoms with Gasteiger partial charge in [-0.25, -0.2) is 0 Å². The number of aryl methyl sites for hydroxylation is 1. The zero-order chi connectivity index (χ0) is 13.4. The Labute approximate surface area is 111 Å². The van der Waals surface area contributed by atoms with E-state index in [0.29, 0.717) is 6.54 Å². The number of hydrogen-bond acceptors (Lipinski definition) is 3. The van der Waals surface area contributed by atoms with E-state index in [-0.39, 0.29) is 5.75 Å². The minimum absolute atomic E-state index is 0.259. The van der Waals surface area contributed by atoms with E-state index < -0.39 is 0 Å². The lowest BCUT2D eigenvalue weighted by Crippen LogP contribution is -1.96. The molecular formula is C15H15N3O. The molecule has 96 valence electrons. The Bertz CT molecular complexity index is 746. The third-order valence-electron chi connectivity index (χ3n) is 3.31. The first kappa shape index (κ1) is 11.7. The lowest BCUT2D eigenvalue weighted by atomic mass is 10.1. The molecule has 0 saturated carbocycles. The number of pyridine rings is 1. The number of phenols is 1. The first-order valence-corrected chi connectivity index (χ1v) is 6.12. The SMILES string of the molecule is Cn1cc(-c2cc(CN)ccn2)c2cc(O)ccc21. The van der Waals surface area contributed by atoms with Crippen molar-refractivity contribution in [2.75, 3.05) is 0 Å². The van der Waals surface area contributed by atoms with Crippen molar-refractivity contribution in [3.63, 3.8) is 0 Å². The van der Waals surface area contributed by atoms with Gasteiger partial charge >= 0.3 is 0 Å². The Morgan fingerprint density at radius 1 is 1.26 bits per heavy atom. The number of aromatic nitrogens is 2. The second-order valence-electron chi connectivity index (χ2n) is 4.61. The third-order valence-corrected chi connectivity index (χ3v) is 3.31. The molecule has 0 unspecified atom stereocenters. The molecule has 0 fully saturated rings. The summed E-state index contributed by atoms with van der Waals surface area (Å²) in [6, 6.07) is 9.25. The molecule has 1 aromatic carbocycles. The van der Waals surface area contributed by atoms with Crippen molar-refractivity contribution >= 4 is 10.9 Å². The molecule has 0 saturated heterocycles. The summed E-state index contributed by atoms with van der Waals surface area (Å²) in [5.41, 5.74) is 9.65. The molecule has 0 atom stereocenters. The Morgan fingerprint density at radius 3 is 2.89 bits per heavy atom. The average molecular weight is 253 g/mol. The average Bonchev–Trinajstić information content (AvgIpc) is 2.75. The Hall–Kier alpha value is -2.33. The summed E-state index contributed by atoms with van der Waals surface area (Å²) >= 11 is 0. The highest BCUT2D eigenvalue weighted by Crippen LogP contribution is 2.31. The number of phenolic OH excluding ortho intramolecular Hbond substituents is 1. The molecule has 3 aromatic rings. The van der Waals surface area contributed by atoms with Gasteiger partial charge in [0.1, 0.15) is 5.75 Å². The fourth-order valence-electron chi connectivity index (χ4n) is 2.33. The van der Waals surface area contributed by atoms with Crippen LogP contribution in [-0.2, 0) is 13.6 Å². The van der Waals surface area contributed by atoms with Crippen molar-refractivity contribution in [1.82, 2.24) is 9.55 Å². The minimum atomic E-state index is 0.259. The second kappa shape index (κ2) is 4.40. The van der Waals surface area contributed by atoms with Crippen molar-refractivity contribution in [2.24, 2.45) is 12.8 Å². The van der Waals surface area contributed by atoms with Crippen LogP contribution >= 0.6 is 0 Å². The number of hydrogen-bond donors (Lipinski definition) is 2. The van der Waals surface area contributed by atoms with Gasteiger partial charge in [0, 0.05) is 42.5 Å². The molecule has 0 radical (unpaired) electrons. The van der Waals surface area contributed by atoms with Gasteiger partial charge in [0.25, 0.3) is 0 Å². The van der Waals surface area contributed by atoms with E-state index in [9.17, 15) is 5.11 Å². The van der Waals surface area contributed by atoms with E-state index in [1.54, 1.807) is 18.3 Å². The maximum atomic E-state index is 9.66. The number of fused-ring (bicyclic) bond motifs is 1. The molecule has 2 heterocycles. The molecule has 3 rings (SSSR count). The molecule has 0 aliphatic rings. The quantitative estimate of drug-likeness (QED) is 0.737. The van der Waals surface area contributed by atoms with Crippen LogP contribution < -0.4 is 5.73 Å². The predicted octanol–water partition coefficient (Wildman–Crippen LogP) is 2.40. The third kappa shape index (κ3) is 1.96. The van der Waals surface area contributed by atoms with Crippen LogP contribution in [0, 0.1) is 0 Å². The van der Waals surface area contributed by atoms with Gasteiger partial charge in [0.05, 0.1) is 5.69 Å². The van der Waals surface area contributed by atoms with Crippen molar-refractivity contribution in [3.8, 4) is 17.0 Å². The van der Waals surface area contributed by atoms with E-state index in [1.165, 1.54) is 0 Å². The topological polar surface area (TPSA) is 64.1 Å². The predicted molar refractivity (Wildman–Crippen MR) is 75.7 cm³/mol.